The summed E-state index contributed by atoms with van der Waals surface area (Å²) in [5, 5.41) is 18.9. The Balaban J connectivity index is 0.00000289. The molecular formula is C21H24ClIN8O. The van der Waals surface area contributed by atoms with Crippen molar-refractivity contribution in [2.75, 3.05) is 20.1 Å². The Bertz CT molecular complexity index is 1090. The number of nitrogens with zero attached hydrogens (tertiary/aromatic N) is 5. The lowest BCUT2D eigenvalue weighted by Crippen LogP contribution is -2.41. The van der Waals surface area contributed by atoms with Crippen molar-refractivity contribution in [3.05, 3.63) is 77.5 Å². The first-order chi connectivity index (χ1) is 15.2. The highest BCUT2D eigenvalue weighted by molar-refractivity contribution is 14.0. The zero-order chi connectivity index (χ0) is 21.5. The summed E-state index contributed by atoms with van der Waals surface area (Å²) in [5.41, 5.74) is 1.10. The molecule has 3 aromatic heterocycles. The molecule has 0 aliphatic heterocycles. The maximum absolute atomic E-state index is 6.04. The van der Waals surface area contributed by atoms with Crippen LogP contribution in [-0.4, -0.2) is 51.1 Å². The van der Waals surface area contributed by atoms with Crippen LogP contribution in [0.25, 0.3) is 11.6 Å². The molecule has 3 heterocycles. The fraction of sp³-hybridized carbons (Fsp3) is 0.238. The minimum Gasteiger partial charge on any atom is -0.461 e. The highest BCUT2D eigenvalue weighted by Gasteiger charge is 2.15. The lowest BCUT2D eigenvalue weighted by molar-refractivity contribution is 0.510. The number of guanidine groups is 1. The Labute approximate surface area is 207 Å². The van der Waals surface area contributed by atoms with E-state index in [0.717, 1.165) is 11.4 Å². The molecule has 11 heteroatoms. The molecule has 168 valence electrons. The minimum atomic E-state index is -0.00376. The third-order valence-corrected chi connectivity index (χ3v) is 4.96. The van der Waals surface area contributed by atoms with E-state index < -0.39 is 0 Å². The molecule has 0 aliphatic rings. The quantitative estimate of drug-likeness (QED) is 0.171. The zero-order valence-corrected chi connectivity index (χ0v) is 20.5. The second-order valence-corrected chi connectivity index (χ2v) is 7.20. The van der Waals surface area contributed by atoms with E-state index in [2.05, 4.69) is 35.9 Å². The van der Waals surface area contributed by atoms with Crippen LogP contribution in [0.1, 0.15) is 17.4 Å². The van der Waals surface area contributed by atoms with E-state index in [4.69, 9.17) is 16.0 Å². The number of aromatic amines is 1. The number of aliphatic imine (C=N–C) groups is 1. The van der Waals surface area contributed by atoms with E-state index in [1.165, 1.54) is 0 Å². The Kier molecular flexibility index (Phi) is 8.68. The van der Waals surface area contributed by atoms with E-state index in [1.54, 1.807) is 19.5 Å². The van der Waals surface area contributed by atoms with Gasteiger partial charge in [-0.3, -0.25) is 14.8 Å². The third-order valence-electron chi connectivity index (χ3n) is 4.71. The molecule has 4 aromatic rings. The summed E-state index contributed by atoms with van der Waals surface area (Å²) in [4.78, 5) is 8.76. The fourth-order valence-electron chi connectivity index (χ4n) is 3.15. The Morgan fingerprint density at radius 2 is 2.06 bits per heavy atom. The van der Waals surface area contributed by atoms with Crippen LogP contribution in [0.2, 0.25) is 5.02 Å². The van der Waals surface area contributed by atoms with Gasteiger partial charge in [-0.25, -0.2) is 4.98 Å². The molecule has 0 saturated carbocycles. The number of furan rings is 1. The number of hydrogen-bond acceptors (Lipinski definition) is 5. The van der Waals surface area contributed by atoms with Crippen LogP contribution in [0.4, 0.5) is 0 Å². The lowest BCUT2D eigenvalue weighted by atomic mass is 10.1. The number of aromatic nitrogens is 5. The highest BCUT2D eigenvalue weighted by atomic mass is 127. The molecule has 0 radical (unpaired) electrons. The van der Waals surface area contributed by atoms with Crippen LogP contribution in [0.3, 0.4) is 0 Å². The first-order valence-electron chi connectivity index (χ1n) is 9.87. The summed E-state index contributed by atoms with van der Waals surface area (Å²) in [5.74, 6) is 2.65. The minimum absolute atomic E-state index is 0. The van der Waals surface area contributed by atoms with Gasteiger partial charge in [0.25, 0.3) is 0 Å². The third kappa shape index (κ3) is 6.10. The molecule has 0 saturated heterocycles. The molecule has 3 N–H and O–H groups in total. The molecular weight excluding hydrogens is 543 g/mol. The van der Waals surface area contributed by atoms with Crippen LogP contribution >= 0.6 is 35.6 Å². The second-order valence-electron chi connectivity index (χ2n) is 6.77. The van der Waals surface area contributed by atoms with Gasteiger partial charge in [-0.2, -0.15) is 10.2 Å². The first-order valence-corrected chi connectivity index (χ1v) is 10.2. The van der Waals surface area contributed by atoms with Crippen LogP contribution in [0.15, 0.2) is 70.5 Å². The van der Waals surface area contributed by atoms with Gasteiger partial charge in [-0.05, 0) is 35.9 Å². The summed E-state index contributed by atoms with van der Waals surface area (Å²) in [6.07, 6.45) is 5.97. The predicted molar refractivity (Wildman–Crippen MR) is 134 cm³/mol. The Hall–Kier alpha value is -2.86. The molecule has 0 aliphatic carbocycles. The monoisotopic (exact) mass is 566 g/mol. The zero-order valence-electron chi connectivity index (χ0n) is 17.4. The van der Waals surface area contributed by atoms with Crippen LogP contribution in [-0.2, 0) is 6.42 Å². The molecule has 0 bridgehead atoms. The molecule has 9 nitrogen and oxygen atoms in total. The van der Waals surface area contributed by atoms with Gasteiger partial charge >= 0.3 is 0 Å². The first kappa shape index (κ1) is 23.8. The van der Waals surface area contributed by atoms with Crippen molar-refractivity contribution in [2.45, 2.75) is 12.5 Å². The molecule has 0 spiro atoms. The Morgan fingerprint density at radius 1 is 1.22 bits per heavy atom. The van der Waals surface area contributed by atoms with Crippen molar-refractivity contribution in [3.8, 4) is 11.6 Å². The summed E-state index contributed by atoms with van der Waals surface area (Å²) in [6, 6.07) is 13.3. The normalized spacial score (nSPS) is 12.2. The van der Waals surface area contributed by atoms with Gasteiger partial charge in [0.2, 0.25) is 5.82 Å². The smallest absolute Gasteiger partial charge is 0.216 e. The fourth-order valence-corrected chi connectivity index (χ4v) is 3.28. The number of hydrogen-bond donors (Lipinski definition) is 3. The average Bonchev–Trinajstić information content (AvgIpc) is 3.56. The summed E-state index contributed by atoms with van der Waals surface area (Å²) >= 11 is 6.04. The highest BCUT2D eigenvalue weighted by Crippen LogP contribution is 2.19. The molecule has 4 rings (SSSR count). The van der Waals surface area contributed by atoms with Gasteiger partial charge in [0.05, 0.1) is 12.3 Å². The van der Waals surface area contributed by atoms with E-state index in [9.17, 15) is 0 Å². The Morgan fingerprint density at radius 3 is 2.75 bits per heavy atom. The molecule has 1 aromatic carbocycles. The largest absolute Gasteiger partial charge is 0.461 e. The topological polar surface area (TPSA) is 109 Å². The summed E-state index contributed by atoms with van der Waals surface area (Å²) < 4.78 is 7.23. The second kappa shape index (κ2) is 11.7. The standard InChI is InChI=1S/C21H23ClN8O.HI/c1-23-21(24-11-9-19-27-20(29-28-19)18-4-2-13-31-18)25-14-17(30-12-3-10-26-30)15-5-7-16(22)8-6-15;/h2-8,10,12-13,17H,9,11,14H2,1H3,(H2,23,24,25)(H,27,28,29);1H. The van der Waals surface area contributed by atoms with Gasteiger partial charge in [-0.1, -0.05) is 23.7 Å². The van der Waals surface area contributed by atoms with E-state index in [-0.39, 0.29) is 30.0 Å². The van der Waals surface area contributed by atoms with E-state index in [1.807, 2.05) is 53.3 Å². The average molecular weight is 567 g/mol. The maximum atomic E-state index is 6.04. The molecule has 32 heavy (non-hydrogen) atoms. The van der Waals surface area contributed by atoms with E-state index in [0.29, 0.717) is 42.1 Å². The molecule has 0 amide bonds. The number of rotatable bonds is 8. The van der Waals surface area contributed by atoms with Gasteiger partial charge in [0.15, 0.2) is 11.7 Å². The lowest BCUT2D eigenvalue weighted by Gasteiger charge is -2.20. The molecule has 1 unspecified atom stereocenters. The number of halogens is 2. The number of H-pyrrole nitrogens is 1. The predicted octanol–water partition coefficient (Wildman–Crippen LogP) is 3.53. The molecule has 0 fully saturated rings. The summed E-state index contributed by atoms with van der Waals surface area (Å²) in [6.45, 7) is 1.24. The van der Waals surface area contributed by atoms with Crippen LogP contribution in [0.5, 0.6) is 0 Å². The number of nitrogens with one attached hydrogen (secondary N) is 3. The van der Waals surface area contributed by atoms with Crippen LogP contribution in [0, 0.1) is 0 Å². The van der Waals surface area contributed by atoms with Gasteiger partial charge in [0.1, 0.15) is 5.82 Å². The van der Waals surface area contributed by atoms with Crippen LogP contribution < -0.4 is 10.6 Å². The SMILES string of the molecule is CN=C(NCCc1nc(-c2ccco2)n[nH]1)NCC(c1ccc(Cl)cc1)n1cccn1.I. The van der Waals surface area contributed by atoms with Crippen molar-refractivity contribution in [2.24, 2.45) is 4.99 Å². The molecule has 1 atom stereocenters. The van der Waals surface area contributed by atoms with Gasteiger partial charge in [0, 0.05) is 44.0 Å². The maximum Gasteiger partial charge on any atom is 0.216 e. The van der Waals surface area contributed by atoms with Gasteiger partial charge in [-0.15, -0.1) is 24.0 Å². The number of benzene rings is 1. The van der Waals surface area contributed by atoms with Gasteiger partial charge < -0.3 is 15.1 Å². The van der Waals surface area contributed by atoms with Crippen molar-refractivity contribution in [1.29, 1.82) is 0 Å². The summed E-state index contributed by atoms with van der Waals surface area (Å²) in [7, 11) is 1.74. The van der Waals surface area contributed by atoms with Crippen molar-refractivity contribution < 1.29 is 4.42 Å². The van der Waals surface area contributed by atoms with E-state index >= 15 is 0 Å². The van der Waals surface area contributed by atoms with Crippen molar-refractivity contribution in [3.63, 3.8) is 0 Å². The van der Waals surface area contributed by atoms with Crippen molar-refractivity contribution >= 4 is 41.5 Å². The van der Waals surface area contributed by atoms with Crippen molar-refractivity contribution in [1.82, 2.24) is 35.6 Å².